The van der Waals surface area contributed by atoms with E-state index in [1.165, 1.54) is 31.3 Å². The highest BCUT2D eigenvalue weighted by Gasteiger charge is 2.36. The van der Waals surface area contributed by atoms with Crippen LogP contribution in [0.15, 0.2) is 42.5 Å². The van der Waals surface area contributed by atoms with Crippen molar-refractivity contribution in [1.82, 2.24) is 5.32 Å². The predicted octanol–water partition coefficient (Wildman–Crippen LogP) is 3.39. The van der Waals surface area contributed by atoms with Gasteiger partial charge in [-0.05, 0) is 29.8 Å². The van der Waals surface area contributed by atoms with Gasteiger partial charge in [-0.3, -0.25) is 9.59 Å². The number of nitrogens with one attached hydrogen (secondary N) is 1. The molecule has 1 aliphatic heterocycles. The van der Waals surface area contributed by atoms with Crippen LogP contribution in [0.3, 0.4) is 0 Å². The molecule has 1 heterocycles. The topological polar surface area (TPSA) is 67.9 Å². The molecular weight excluding hydrogens is 401 g/mol. The van der Waals surface area contributed by atoms with Gasteiger partial charge in [-0.1, -0.05) is 12.1 Å². The van der Waals surface area contributed by atoms with Crippen molar-refractivity contribution in [2.75, 3.05) is 25.7 Å². The standard InChI is InChI=1S/C21H21F3N2O4/c1-29-16-7-8-17(18(10-16)30-2)26-12-14(9-19(26)27)20(28)25-11-13-3-5-15(6-4-13)21(22,23)24/h3-8,10,14H,9,11-12H2,1-2H3,(H,25,28). The van der Waals surface area contributed by atoms with Gasteiger partial charge in [0.15, 0.2) is 0 Å². The van der Waals surface area contributed by atoms with Crippen molar-refractivity contribution in [3.8, 4) is 11.5 Å². The van der Waals surface area contributed by atoms with E-state index in [-0.39, 0.29) is 31.3 Å². The minimum Gasteiger partial charge on any atom is -0.497 e. The first-order chi connectivity index (χ1) is 14.2. The van der Waals surface area contributed by atoms with Crippen molar-refractivity contribution in [3.63, 3.8) is 0 Å². The molecule has 1 N–H and O–H groups in total. The van der Waals surface area contributed by atoms with Crippen molar-refractivity contribution in [3.05, 3.63) is 53.6 Å². The molecule has 6 nitrogen and oxygen atoms in total. The summed E-state index contributed by atoms with van der Waals surface area (Å²) in [4.78, 5) is 26.5. The monoisotopic (exact) mass is 422 g/mol. The van der Waals surface area contributed by atoms with E-state index in [1.807, 2.05) is 0 Å². The van der Waals surface area contributed by atoms with Gasteiger partial charge in [0, 0.05) is 25.6 Å². The summed E-state index contributed by atoms with van der Waals surface area (Å²) in [5, 5.41) is 2.69. The molecule has 0 aliphatic carbocycles. The molecule has 3 rings (SSSR count). The van der Waals surface area contributed by atoms with E-state index in [4.69, 9.17) is 9.47 Å². The van der Waals surface area contributed by atoms with Crippen LogP contribution in [0.4, 0.5) is 18.9 Å². The van der Waals surface area contributed by atoms with E-state index in [9.17, 15) is 22.8 Å². The third kappa shape index (κ3) is 4.67. The smallest absolute Gasteiger partial charge is 0.416 e. The minimum atomic E-state index is -4.40. The van der Waals surface area contributed by atoms with Gasteiger partial charge in [0.25, 0.3) is 0 Å². The predicted molar refractivity (Wildman–Crippen MR) is 103 cm³/mol. The van der Waals surface area contributed by atoms with Gasteiger partial charge in [0.2, 0.25) is 11.8 Å². The highest BCUT2D eigenvalue weighted by Crippen LogP contribution is 2.36. The van der Waals surface area contributed by atoms with E-state index in [0.717, 1.165) is 12.1 Å². The van der Waals surface area contributed by atoms with Crippen LogP contribution in [0.25, 0.3) is 0 Å². The summed E-state index contributed by atoms with van der Waals surface area (Å²) in [6.07, 6.45) is -4.37. The normalized spacial score (nSPS) is 16.5. The van der Waals surface area contributed by atoms with Gasteiger partial charge in [0.1, 0.15) is 11.5 Å². The second kappa shape index (κ2) is 8.64. The van der Waals surface area contributed by atoms with E-state index in [2.05, 4.69) is 5.32 Å². The fourth-order valence-electron chi connectivity index (χ4n) is 3.27. The Labute approximate surface area is 171 Å². The largest absolute Gasteiger partial charge is 0.497 e. The van der Waals surface area contributed by atoms with Crippen LogP contribution >= 0.6 is 0 Å². The Morgan fingerprint density at radius 3 is 2.43 bits per heavy atom. The Bertz CT molecular complexity index is 929. The molecule has 2 amide bonds. The second-order valence-electron chi connectivity index (χ2n) is 6.86. The summed E-state index contributed by atoms with van der Waals surface area (Å²) in [5.41, 5.74) is 0.332. The zero-order valence-electron chi connectivity index (χ0n) is 16.5. The lowest BCUT2D eigenvalue weighted by Gasteiger charge is -2.20. The number of nitrogens with zero attached hydrogens (tertiary/aromatic N) is 1. The molecule has 2 aromatic carbocycles. The first-order valence-electron chi connectivity index (χ1n) is 9.19. The maximum Gasteiger partial charge on any atom is 0.416 e. The number of rotatable bonds is 6. The van der Waals surface area contributed by atoms with E-state index in [0.29, 0.717) is 22.7 Å². The van der Waals surface area contributed by atoms with E-state index < -0.39 is 17.7 Å². The highest BCUT2D eigenvalue weighted by atomic mass is 19.4. The maximum atomic E-state index is 12.6. The zero-order valence-corrected chi connectivity index (χ0v) is 16.5. The number of carbonyl (C=O) groups is 2. The molecule has 2 aromatic rings. The fraction of sp³-hybridized carbons (Fsp3) is 0.333. The number of ether oxygens (including phenoxy) is 2. The number of anilines is 1. The molecule has 160 valence electrons. The SMILES string of the molecule is COc1ccc(N2CC(C(=O)NCc3ccc(C(F)(F)F)cc3)CC2=O)c(OC)c1. The Kier molecular flexibility index (Phi) is 6.19. The second-order valence-corrected chi connectivity index (χ2v) is 6.86. The average molecular weight is 422 g/mol. The summed E-state index contributed by atoms with van der Waals surface area (Å²) >= 11 is 0. The van der Waals surface area contributed by atoms with Crippen molar-refractivity contribution in [2.45, 2.75) is 19.1 Å². The quantitative estimate of drug-likeness (QED) is 0.775. The molecule has 0 spiro atoms. The third-order valence-corrected chi connectivity index (χ3v) is 4.92. The third-order valence-electron chi connectivity index (χ3n) is 4.92. The number of hydrogen-bond donors (Lipinski definition) is 1. The van der Waals surface area contributed by atoms with Gasteiger partial charge < -0.3 is 19.7 Å². The number of carbonyl (C=O) groups excluding carboxylic acids is 2. The summed E-state index contributed by atoms with van der Waals surface area (Å²) < 4.78 is 48.4. The lowest BCUT2D eigenvalue weighted by atomic mass is 10.1. The molecular formula is C21H21F3N2O4. The lowest BCUT2D eigenvalue weighted by Crippen LogP contribution is -2.32. The zero-order chi connectivity index (χ0) is 21.9. The summed E-state index contributed by atoms with van der Waals surface area (Å²) in [6, 6.07) is 9.62. The molecule has 1 unspecified atom stereocenters. The molecule has 1 aliphatic rings. The van der Waals surface area contributed by atoms with Crippen LogP contribution in [0.5, 0.6) is 11.5 Å². The number of benzene rings is 2. The highest BCUT2D eigenvalue weighted by molar-refractivity contribution is 6.01. The fourth-order valence-corrected chi connectivity index (χ4v) is 3.27. The number of methoxy groups -OCH3 is 2. The molecule has 1 fully saturated rings. The molecule has 0 radical (unpaired) electrons. The van der Waals surface area contributed by atoms with Crippen LogP contribution in [0.2, 0.25) is 0 Å². The van der Waals surface area contributed by atoms with Gasteiger partial charge in [-0.2, -0.15) is 13.2 Å². The number of alkyl halides is 3. The van der Waals surface area contributed by atoms with Crippen LogP contribution in [-0.4, -0.2) is 32.6 Å². The van der Waals surface area contributed by atoms with E-state index >= 15 is 0 Å². The number of hydrogen-bond acceptors (Lipinski definition) is 4. The molecule has 9 heteroatoms. The van der Waals surface area contributed by atoms with Crippen LogP contribution < -0.4 is 19.7 Å². The van der Waals surface area contributed by atoms with Crippen molar-refractivity contribution >= 4 is 17.5 Å². The van der Waals surface area contributed by atoms with Crippen LogP contribution in [-0.2, 0) is 22.3 Å². The molecule has 30 heavy (non-hydrogen) atoms. The molecule has 1 saturated heterocycles. The van der Waals surface area contributed by atoms with Crippen LogP contribution in [0.1, 0.15) is 17.5 Å². The Morgan fingerprint density at radius 1 is 1.13 bits per heavy atom. The Hall–Kier alpha value is -3.23. The first kappa shape index (κ1) is 21.5. The van der Waals surface area contributed by atoms with Crippen molar-refractivity contribution in [1.29, 1.82) is 0 Å². The molecule has 0 saturated carbocycles. The lowest BCUT2D eigenvalue weighted by molar-refractivity contribution is -0.137. The molecule has 0 aromatic heterocycles. The van der Waals surface area contributed by atoms with Gasteiger partial charge in [0.05, 0.1) is 31.4 Å². The Morgan fingerprint density at radius 2 is 1.83 bits per heavy atom. The maximum absolute atomic E-state index is 12.6. The summed E-state index contributed by atoms with van der Waals surface area (Å²) in [7, 11) is 3.00. The first-order valence-corrected chi connectivity index (χ1v) is 9.19. The minimum absolute atomic E-state index is 0.0357. The summed E-state index contributed by atoms with van der Waals surface area (Å²) in [6.45, 7) is 0.258. The summed E-state index contributed by atoms with van der Waals surface area (Å²) in [5.74, 6) is -0.0910. The average Bonchev–Trinajstić information content (AvgIpc) is 3.12. The van der Waals surface area contributed by atoms with Crippen molar-refractivity contribution in [2.24, 2.45) is 5.92 Å². The van der Waals surface area contributed by atoms with Gasteiger partial charge >= 0.3 is 6.18 Å². The van der Waals surface area contributed by atoms with Crippen molar-refractivity contribution < 1.29 is 32.2 Å². The van der Waals surface area contributed by atoms with Gasteiger partial charge in [-0.15, -0.1) is 0 Å². The molecule has 0 bridgehead atoms. The van der Waals surface area contributed by atoms with Crippen LogP contribution in [0, 0.1) is 5.92 Å². The number of halogens is 3. The Balaban J connectivity index is 1.63. The van der Waals surface area contributed by atoms with Gasteiger partial charge in [-0.25, -0.2) is 0 Å². The van der Waals surface area contributed by atoms with E-state index in [1.54, 1.807) is 18.2 Å². The number of amides is 2. The molecule has 1 atom stereocenters.